The summed E-state index contributed by atoms with van der Waals surface area (Å²) >= 11 is 0. The third-order valence-electron chi connectivity index (χ3n) is 3.72. The van der Waals surface area contributed by atoms with Crippen LogP contribution in [-0.4, -0.2) is 18.9 Å². The summed E-state index contributed by atoms with van der Waals surface area (Å²) in [5.74, 6) is -0.0799. The lowest BCUT2D eigenvalue weighted by atomic mass is 9.80. The molecule has 0 radical (unpaired) electrons. The van der Waals surface area contributed by atoms with Gasteiger partial charge in [-0.1, -0.05) is 13.0 Å². The highest BCUT2D eigenvalue weighted by molar-refractivity contribution is 6.01. The van der Waals surface area contributed by atoms with Gasteiger partial charge in [-0.3, -0.25) is 4.79 Å². The fourth-order valence-corrected chi connectivity index (χ4v) is 2.43. The third kappa shape index (κ3) is 2.66. The summed E-state index contributed by atoms with van der Waals surface area (Å²) in [7, 11) is 0. The number of carbonyl (C=O) groups is 1. The predicted octanol–water partition coefficient (Wildman–Crippen LogP) is 3.20. The summed E-state index contributed by atoms with van der Waals surface area (Å²) in [6.45, 7) is 4.74. The molecule has 1 fully saturated rings. The lowest BCUT2D eigenvalue weighted by Crippen LogP contribution is -2.30. The Morgan fingerprint density at radius 1 is 1.37 bits per heavy atom. The van der Waals surface area contributed by atoms with Crippen molar-refractivity contribution in [2.75, 3.05) is 13.1 Å². The third-order valence-corrected chi connectivity index (χ3v) is 3.72. The number of hydrogen-bond donors (Lipinski definition) is 1. The molecule has 0 bridgehead atoms. The van der Waals surface area contributed by atoms with Crippen molar-refractivity contribution in [3.63, 3.8) is 0 Å². The van der Waals surface area contributed by atoms with Gasteiger partial charge in [0, 0.05) is 17.5 Å². The average molecular weight is 271 g/mol. The molecule has 0 spiro atoms. The minimum absolute atomic E-state index is 0.0799. The van der Waals surface area contributed by atoms with E-state index < -0.39 is 17.2 Å². The second-order valence-electron chi connectivity index (χ2n) is 5.34. The average Bonchev–Trinajstić information content (AvgIpc) is 2.75. The SMILES string of the molecule is Cc1cc(C(F)(F)F)ccc1C(=O)C1(C)CCNC1. The normalized spacial score (nSPS) is 23.6. The van der Waals surface area contributed by atoms with Crippen LogP contribution < -0.4 is 5.32 Å². The van der Waals surface area contributed by atoms with Gasteiger partial charge in [0.1, 0.15) is 0 Å². The van der Waals surface area contributed by atoms with E-state index in [1.165, 1.54) is 6.07 Å². The van der Waals surface area contributed by atoms with E-state index in [-0.39, 0.29) is 5.78 Å². The molecule has 1 unspecified atom stereocenters. The number of alkyl halides is 3. The number of Topliss-reactive ketones (excluding diaryl/α,β-unsaturated/α-hetero) is 1. The number of benzene rings is 1. The molecule has 0 aromatic heterocycles. The largest absolute Gasteiger partial charge is 0.416 e. The highest BCUT2D eigenvalue weighted by Gasteiger charge is 2.38. The molecule has 1 aromatic carbocycles. The van der Waals surface area contributed by atoms with E-state index in [1.807, 2.05) is 6.92 Å². The van der Waals surface area contributed by atoms with Crippen molar-refractivity contribution in [1.82, 2.24) is 5.32 Å². The van der Waals surface area contributed by atoms with Crippen LogP contribution in [-0.2, 0) is 6.18 Å². The Labute approximate surface area is 110 Å². The summed E-state index contributed by atoms with van der Waals surface area (Å²) < 4.78 is 37.7. The molecule has 0 saturated carbocycles. The first kappa shape index (κ1) is 14.1. The van der Waals surface area contributed by atoms with Crippen LogP contribution in [0.15, 0.2) is 18.2 Å². The lowest BCUT2D eigenvalue weighted by molar-refractivity contribution is -0.137. The molecule has 5 heteroatoms. The van der Waals surface area contributed by atoms with E-state index >= 15 is 0 Å². The van der Waals surface area contributed by atoms with Crippen LogP contribution in [0.25, 0.3) is 0 Å². The summed E-state index contributed by atoms with van der Waals surface area (Å²) in [5.41, 5.74) is -0.451. The Morgan fingerprint density at radius 2 is 2.05 bits per heavy atom. The van der Waals surface area contributed by atoms with Gasteiger partial charge in [0.05, 0.1) is 5.56 Å². The van der Waals surface area contributed by atoms with Crippen molar-refractivity contribution < 1.29 is 18.0 Å². The molecule has 1 heterocycles. The molecular weight excluding hydrogens is 255 g/mol. The predicted molar refractivity (Wildman–Crippen MR) is 66.1 cm³/mol. The molecule has 1 atom stereocenters. The molecule has 0 amide bonds. The van der Waals surface area contributed by atoms with Crippen LogP contribution in [0.3, 0.4) is 0 Å². The van der Waals surface area contributed by atoms with Crippen molar-refractivity contribution in [1.29, 1.82) is 0 Å². The van der Waals surface area contributed by atoms with Gasteiger partial charge in [0.15, 0.2) is 5.78 Å². The first-order valence-corrected chi connectivity index (χ1v) is 6.17. The Bertz CT molecular complexity index is 502. The maximum atomic E-state index is 12.6. The van der Waals surface area contributed by atoms with E-state index in [2.05, 4.69) is 5.32 Å². The molecule has 2 rings (SSSR count). The van der Waals surface area contributed by atoms with Gasteiger partial charge in [-0.25, -0.2) is 0 Å². The molecule has 1 aliphatic rings. The fourth-order valence-electron chi connectivity index (χ4n) is 2.43. The molecule has 104 valence electrons. The topological polar surface area (TPSA) is 29.1 Å². The number of halogens is 3. The van der Waals surface area contributed by atoms with Gasteiger partial charge in [0.25, 0.3) is 0 Å². The zero-order chi connectivity index (χ0) is 14.3. The highest BCUT2D eigenvalue weighted by atomic mass is 19.4. The molecule has 1 aliphatic heterocycles. The highest BCUT2D eigenvalue weighted by Crippen LogP contribution is 2.34. The Balaban J connectivity index is 2.34. The van der Waals surface area contributed by atoms with Crippen LogP contribution in [0.2, 0.25) is 0 Å². The lowest BCUT2D eigenvalue weighted by Gasteiger charge is -2.22. The van der Waals surface area contributed by atoms with Gasteiger partial charge in [0.2, 0.25) is 0 Å². The number of nitrogens with one attached hydrogen (secondary N) is 1. The van der Waals surface area contributed by atoms with Gasteiger partial charge in [-0.05, 0) is 37.6 Å². The number of hydrogen-bond acceptors (Lipinski definition) is 2. The zero-order valence-electron chi connectivity index (χ0n) is 10.9. The molecule has 0 aliphatic carbocycles. The van der Waals surface area contributed by atoms with Crippen LogP contribution in [0.5, 0.6) is 0 Å². The van der Waals surface area contributed by atoms with Crippen LogP contribution in [0.4, 0.5) is 13.2 Å². The molecule has 1 N–H and O–H groups in total. The molecule has 1 aromatic rings. The molecule has 2 nitrogen and oxygen atoms in total. The standard InChI is InChI=1S/C14H16F3NO/c1-9-7-10(14(15,16)17)3-4-11(9)12(19)13(2)5-6-18-8-13/h3-4,7,18H,5-6,8H2,1-2H3. The number of aryl methyl sites for hydroxylation is 1. The second-order valence-corrected chi connectivity index (χ2v) is 5.34. The Morgan fingerprint density at radius 3 is 2.53 bits per heavy atom. The monoisotopic (exact) mass is 271 g/mol. The van der Waals surface area contributed by atoms with Crippen molar-refractivity contribution in [3.8, 4) is 0 Å². The molecular formula is C14H16F3NO. The van der Waals surface area contributed by atoms with Crippen LogP contribution in [0, 0.1) is 12.3 Å². The summed E-state index contributed by atoms with van der Waals surface area (Å²) in [6.07, 6.45) is -3.66. The van der Waals surface area contributed by atoms with Crippen molar-refractivity contribution >= 4 is 5.78 Å². The Hall–Kier alpha value is -1.36. The van der Waals surface area contributed by atoms with Gasteiger partial charge < -0.3 is 5.32 Å². The first-order chi connectivity index (χ1) is 8.74. The second kappa shape index (κ2) is 4.63. The minimum atomic E-state index is -4.37. The Kier molecular flexibility index (Phi) is 3.43. The fraction of sp³-hybridized carbons (Fsp3) is 0.500. The van der Waals surface area contributed by atoms with Crippen molar-refractivity contribution in [2.45, 2.75) is 26.4 Å². The van der Waals surface area contributed by atoms with E-state index in [9.17, 15) is 18.0 Å². The summed E-state index contributed by atoms with van der Waals surface area (Å²) in [6, 6.07) is 3.31. The van der Waals surface area contributed by atoms with E-state index in [0.29, 0.717) is 24.1 Å². The van der Waals surface area contributed by atoms with Crippen LogP contribution in [0.1, 0.15) is 34.8 Å². The minimum Gasteiger partial charge on any atom is -0.316 e. The smallest absolute Gasteiger partial charge is 0.316 e. The van der Waals surface area contributed by atoms with Crippen molar-refractivity contribution in [2.24, 2.45) is 5.41 Å². The van der Waals surface area contributed by atoms with Gasteiger partial charge in [-0.2, -0.15) is 13.2 Å². The van der Waals surface area contributed by atoms with Gasteiger partial charge >= 0.3 is 6.18 Å². The first-order valence-electron chi connectivity index (χ1n) is 6.17. The number of carbonyl (C=O) groups excluding carboxylic acids is 1. The molecule has 1 saturated heterocycles. The maximum absolute atomic E-state index is 12.6. The maximum Gasteiger partial charge on any atom is 0.416 e. The van der Waals surface area contributed by atoms with E-state index in [0.717, 1.165) is 18.7 Å². The number of rotatable bonds is 2. The van der Waals surface area contributed by atoms with Crippen LogP contribution >= 0.6 is 0 Å². The number of ketones is 1. The quantitative estimate of drug-likeness (QED) is 0.837. The zero-order valence-corrected chi connectivity index (χ0v) is 10.9. The van der Waals surface area contributed by atoms with Gasteiger partial charge in [-0.15, -0.1) is 0 Å². The van der Waals surface area contributed by atoms with E-state index in [1.54, 1.807) is 6.92 Å². The van der Waals surface area contributed by atoms with Crippen molar-refractivity contribution in [3.05, 3.63) is 34.9 Å². The molecule has 19 heavy (non-hydrogen) atoms. The summed E-state index contributed by atoms with van der Waals surface area (Å²) in [4.78, 5) is 12.4. The summed E-state index contributed by atoms with van der Waals surface area (Å²) in [5, 5.41) is 3.12. The van der Waals surface area contributed by atoms with E-state index in [4.69, 9.17) is 0 Å².